The van der Waals surface area contributed by atoms with E-state index in [4.69, 9.17) is 4.74 Å². The highest BCUT2D eigenvalue weighted by Gasteiger charge is 2.41. The molecule has 4 rings (SSSR count). The molecular weight excluding hydrogens is 428 g/mol. The summed E-state index contributed by atoms with van der Waals surface area (Å²) in [5.41, 5.74) is 1.67. The summed E-state index contributed by atoms with van der Waals surface area (Å²) in [5, 5.41) is 11.0. The van der Waals surface area contributed by atoms with Gasteiger partial charge in [0.15, 0.2) is 5.54 Å². The van der Waals surface area contributed by atoms with Crippen LogP contribution in [0.1, 0.15) is 67.2 Å². The molecule has 7 nitrogen and oxygen atoms in total. The number of nitrogens with one attached hydrogen (secondary N) is 2. The molecule has 2 aromatic carbocycles. The van der Waals surface area contributed by atoms with E-state index >= 15 is 0 Å². The number of nitrogens with zero attached hydrogens (tertiary/aromatic N) is 2. The Morgan fingerprint density at radius 2 is 1.85 bits per heavy atom. The smallest absolute Gasteiger partial charge is 0.336 e. The molecule has 0 radical (unpaired) electrons. The van der Waals surface area contributed by atoms with Gasteiger partial charge in [-0.25, -0.2) is 9.48 Å². The van der Waals surface area contributed by atoms with Gasteiger partial charge in [-0.1, -0.05) is 61.5 Å². The van der Waals surface area contributed by atoms with E-state index in [2.05, 4.69) is 48.6 Å². The summed E-state index contributed by atoms with van der Waals surface area (Å²) >= 11 is 0. The molecule has 7 heteroatoms. The van der Waals surface area contributed by atoms with Gasteiger partial charge in [0, 0.05) is 0 Å². The monoisotopic (exact) mass is 460 g/mol. The Hall–Kier alpha value is -3.61. The van der Waals surface area contributed by atoms with Crippen molar-refractivity contribution in [1.29, 1.82) is 0 Å². The van der Waals surface area contributed by atoms with E-state index in [1.165, 1.54) is 7.11 Å². The first-order chi connectivity index (χ1) is 16.2. The summed E-state index contributed by atoms with van der Waals surface area (Å²) in [4.78, 5) is 26.4. The van der Waals surface area contributed by atoms with Crippen LogP contribution in [0.3, 0.4) is 0 Å². The molecule has 0 bridgehead atoms. The summed E-state index contributed by atoms with van der Waals surface area (Å²) < 4.78 is 6.93. The Morgan fingerprint density at radius 3 is 2.47 bits per heavy atom. The second-order valence-electron chi connectivity index (χ2n) is 9.56. The molecule has 3 aromatic rings. The maximum Gasteiger partial charge on any atom is 0.336 e. The average Bonchev–Trinajstić information content (AvgIpc) is 3.29. The molecule has 1 aliphatic rings. The van der Waals surface area contributed by atoms with Gasteiger partial charge in [0.05, 0.1) is 24.9 Å². The van der Waals surface area contributed by atoms with E-state index in [-0.39, 0.29) is 11.6 Å². The van der Waals surface area contributed by atoms with E-state index in [0.717, 1.165) is 24.0 Å². The number of amides is 1. The average molecular weight is 461 g/mol. The van der Waals surface area contributed by atoms with E-state index in [1.54, 1.807) is 13.1 Å². The minimum Gasteiger partial charge on any atom is -0.467 e. The first-order valence-electron chi connectivity index (χ1n) is 11.6. The predicted octanol–water partition coefficient (Wildman–Crippen LogP) is 4.56. The third kappa shape index (κ3) is 4.18. The van der Waals surface area contributed by atoms with Crippen LogP contribution in [0.5, 0.6) is 0 Å². The van der Waals surface area contributed by atoms with Crippen LogP contribution in [0.2, 0.25) is 0 Å². The quantitative estimate of drug-likeness (QED) is 0.527. The molecule has 1 aromatic heterocycles. The molecule has 1 aliphatic heterocycles. The molecule has 34 heavy (non-hydrogen) atoms. The summed E-state index contributed by atoms with van der Waals surface area (Å²) in [6.07, 6.45) is 3.26. The number of esters is 1. The topological polar surface area (TPSA) is 85.3 Å². The van der Waals surface area contributed by atoms with Crippen LogP contribution in [0, 0.1) is 0 Å². The number of hydrogen-bond acceptors (Lipinski definition) is 5. The van der Waals surface area contributed by atoms with Crippen molar-refractivity contribution >= 4 is 17.7 Å². The first-order valence-corrected chi connectivity index (χ1v) is 11.6. The molecule has 2 heterocycles. The van der Waals surface area contributed by atoms with Crippen LogP contribution in [-0.4, -0.2) is 28.8 Å². The number of fused-ring (bicyclic) bond motifs is 1. The Balaban J connectivity index is 1.68. The Labute approximate surface area is 200 Å². The normalized spacial score (nSPS) is 18.2. The molecule has 1 unspecified atom stereocenters. The van der Waals surface area contributed by atoms with Crippen LogP contribution in [0.15, 0.2) is 60.8 Å². The Kier molecular flexibility index (Phi) is 6.21. The highest BCUT2D eigenvalue weighted by Crippen LogP contribution is 2.40. The third-order valence-electron chi connectivity index (χ3n) is 6.70. The lowest BCUT2D eigenvalue weighted by Crippen LogP contribution is -2.50. The fraction of sp³-hybridized carbons (Fsp3) is 0.370. The molecule has 178 valence electrons. The minimum absolute atomic E-state index is 0.0283. The van der Waals surface area contributed by atoms with Crippen LogP contribution < -0.4 is 10.6 Å². The van der Waals surface area contributed by atoms with E-state index in [1.807, 2.05) is 47.1 Å². The standard InChI is InChI=1S/C27H32N4O3/c1-6-18-12-14-20(15-13-18)27(4,25(33)34-5)30-24(32)21-17-28-31-23(21)29-22(16-26(31,2)3)19-10-8-7-9-11-19/h7-15,17,22,29H,6,16H2,1-5H3,(H,30,32)/t22-,27?/m1/s1. The highest BCUT2D eigenvalue weighted by atomic mass is 16.5. The number of benzene rings is 2. The number of carbonyl (C=O) groups excluding carboxylic acids is 2. The lowest BCUT2D eigenvalue weighted by atomic mass is 9.88. The molecule has 0 saturated heterocycles. The number of ether oxygens (including phenoxy) is 1. The van der Waals surface area contributed by atoms with Gasteiger partial charge in [-0.2, -0.15) is 5.10 Å². The molecule has 0 saturated carbocycles. The van der Waals surface area contributed by atoms with Gasteiger partial charge in [-0.15, -0.1) is 0 Å². The molecule has 2 N–H and O–H groups in total. The van der Waals surface area contributed by atoms with Crippen molar-refractivity contribution in [2.45, 2.75) is 57.7 Å². The van der Waals surface area contributed by atoms with Gasteiger partial charge in [0.1, 0.15) is 11.4 Å². The number of anilines is 1. The van der Waals surface area contributed by atoms with Crippen LogP contribution >= 0.6 is 0 Å². The number of hydrogen-bond donors (Lipinski definition) is 2. The zero-order chi connectivity index (χ0) is 24.5. The maximum atomic E-state index is 13.6. The molecule has 0 fully saturated rings. The SMILES string of the molecule is CCc1ccc(C(C)(NC(=O)c2cnn3c2N[C@@H](c2ccccc2)CC3(C)C)C(=O)OC)cc1. The summed E-state index contributed by atoms with van der Waals surface area (Å²) in [7, 11) is 1.32. The number of methoxy groups -OCH3 is 1. The minimum atomic E-state index is -1.35. The van der Waals surface area contributed by atoms with Gasteiger partial charge in [-0.3, -0.25) is 4.79 Å². The highest BCUT2D eigenvalue weighted by molar-refractivity contribution is 6.02. The van der Waals surface area contributed by atoms with Crippen molar-refractivity contribution in [2.75, 3.05) is 12.4 Å². The number of rotatable bonds is 6. The predicted molar refractivity (Wildman–Crippen MR) is 132 cm³/mol. The van der Waals surface area contributed by atoms with Crippen molar-refractivity contribution in [2.24, 2.45) is 0 Å². The lowest BCUT2D eigenvalue weighted by molar-refractivity contribution is -0.148. The molecule has 2 atom stereocenters. The molecule has 0 spiro atoms. The maximum absolute atomic E-state index is 13.6. The zero-order valence-electron chi connectivity index (χ0n) is 20.4. The second-order valence-corrected chi connectivity index (χ2v) is 9.56. The summed E-state index contributed by atoms with van der Waals surface area (Å²) in [5.74, 6) is -0.302. The van der Waals surface area contributed by atoms with Crippen molar-refractivity contribution in [1.82, 2.24) is 15.1 Å². The van der Waals surface area contributed by atoms with Crippen LogP contribution in [0.4, 0.5) is 5.82 Å². The van der Waals surface area contributed by atoms with Crippen LogP contribution in [0.25, 0.3) is 0 Å². The fourth-order valence-electron chi connectivity index (χ4n) is 4.61. The lowest BCUT2D eigenvalue weighted by Gasteiger charge is -2.38. The van der Waals surface area contributed by atoms with Crippen molar-refractivity contribution in [3.8, 4) is 0 Å². The van der Waals surface area contributed by atoms with Gasteiger partial charge in [-0.05, 0) is 50.3 Å². The number of carbonyl (C=O) groups is 2. The Morgan fingerprint density at radius 1 is 1.18 bits per heavy atom. The summed E-state index contributed by atoms with van der Waals surface area (Å²) in [6, 6.07) is 17.8. The zero-order valence-corrected chi connectivity index (χ0v) is 20.4. The van der Waals surface area contributed by atoms with Gasteiger partial charge < -0.3 is 15.4 Å². The first kappa shape index (κ1) is 23.5. The summed E-state index contributed by atoms with van der Waals surface area (Å²) in [6.45, 7) is 7.94. The third-order valence-corrected chi connectivity index (χ3v) is 6.70. The van der Waals surface area contributed by atoms with Gasteiger partial charge >= 0.3 is 5.97 Å². The molecule has 0 aliphatic carbocycles. The van der Waals surface area contributed by atoms with Gasteiger partial charge in [0.25, 0.3) is 5.91 Å². The van der Waals surface area contributed by atoms with Crippen molar-refractivity contribution in [3.05, 3.63) is 83.0 Å². The van der Waals surface area contributed by atoms with Gasteiger partial charge in [0.2, 0.25) is 0 Å². The second kappa shape index (κ2) is 8.97. The van der Waals surface area contributed by atoms with Crippen LogP contribution in [-0.2, 0) is 27.0 Å². The Bertz CT molecular complexity index is 1180. The fourth-order valence-corrected chi connectivity index (χ4v) is 4.61. The number of aryl methyl sites for hydroxylation is 1. The number of aromatic nitrogens is 2. The molecule has 1 amide bonds. The molecular formula is C27H32N4O3. The van der Waals surface area contributed by atoms with E-state index < -0.39 is 17.4 Å². The van der Waals surface area contributed by atoms with E-state index in [0.29, 0.717) is 16.9 Å². The van der Waals surface area contributed by atoms with Crippen molar-refractivity contribution < 1.29 is 14.3 Å². The van der Waals surface area contributed by atoms with E-state index in [9.17, 15) is 9.59 Å². The van der Waals surface area contributed by atoms with Crippen molar-refractivity contribution in [3.63, 3.8) is 0 Å². The largest absolute Gasteiger partial charge is 0.467 e.